The van der Waals surface area contributed by atoms with Crippen LogP contribution in [0.15, 0.2) is 53.5 Å². The fourth-order valence-corrected chi connectivity index (χ4v) is 3.27. The number of para-hydroxylation sites is 1. The number of H-pyrrole nitrogens is 2. The molecule has 0 bridgehead atoms. The molecule has 146 valence electrons. The fraction of sp³-hybridized carbons (Fsp3) is 0.0476. The van der Waals surface area contributed by atoms with Gasteiger partial charge < -0.3 is 19.8 Å². The minimum atomic E-state index is -1.33. The first-order valence-electron chi connectivity index (χ1n) is 8.56. The molecule has 4 rings (SSSR count). The van der Waals surface area contributed by atoms with Crippen LogP contribution >= 0.6 is 0 Å². The summed E-state index contributed by atoms with van der Waals surface area (Å²) < 4.78 is 32.9. The first-order chi connectivity index (χ1) is 13.9. The molecule has 6 nitrogen and oxygen atoms in total. The molecule has 0 unspecified atom stereocenters. The number of aromatic amines is 2. The second kappa shape index (κ2) is 6.90. The number of carbonyl (C=O) groups is 1. The number of aromatic carboxylic acids is 1. The summed E-state index contributed by atoms with van der Waals surface area (Å²) in [5.41, 5.74) is 0.255. The van der Waals surface area contributed by atoms with E-state index >= 15 is 0 Å². The molecular formula is C21H14F2N2O4. The first kappa shape index (κ1) is 18.4. The van der Waals surface area contributed by atoms with Gasteiger partial charge in [-0.15, -0.1) is 0 Å². The maximum atomic E-state index is 14.1. The molecule has 29 heavy (non-hydrogen) atoms. The zero-order valence-corrected chi connectivity index (χ0v) is 15.0. The van der Waals surface area contributed by atoms with Crippen LogP contribution in [0.25, 0.3) is 21.9 Å². The van der Waals surface area contributed by atoms with Crippen LogP contribution in [0.5, 0.6) is 11.5 Å². The van der Waals surface area contributed by atoms with Gasteiger partial charge in [0.25, 0.3) is 5.56 Å². The smallest absolute Gasteiger partial charge is 0.353 e. The van der Waals surface area contributed by atoms with Crippen molar-refractivity contribution in [3.8, 4) is 22.6 Å². The highest BCUT2D eigenvalue weighted by atomic mass is 19.1. The number of nitrogens with one attached hydrogen (secondary N) is 2. The lowest BCUT2D eigenvalue weighted by Gasteiger charge is -2.14. The Morgan fingerprint density at radius 1 is 1.10 bits per heavy atom. The Hall–Kier alpha value is -3.94. The van der Waals surface area contributed by atoms with Crippen molar-refractivity contribution in [1.29, 1.82) is 0 Å². The Kier molecular flexibility index (Phi) is 4.38. The molecule has 0 amide bonds. The molecule has 0 saturated heterocycles. The van der Waals surface area contributed by atoms with Gasteiger partial charge >= 0.3 is 5.97 Å². The molecule has 2 aromatic carbocycles. The monoisotopic (exact) mass is 396 g/mol. The molecule has 0 aliphatic heterocycles. The van der Waals surface area contributed by atoms with Crippen LogP contribution in [-0.4, -0.2) is 21.0 Å². The highest BCUT2D eigenvalue weighted by Gasteiger charge is 2.23. The number of aromatic nitrogens is 2. The SMILES string of the molecule is Cc1[nH]cc2c(-c3ccccc3Oc3ccc(F)cc3F)c(C(=O)O)[nH]c(=O)c12. The van der Waals surface area contributed by atoms with Crippen molar-refractivity contribution < 1.29 is 23.4 Å². The highest BCUT2D eigenvalue weighted by Crippen LogP contribution is 2.39. The molecule has 0 spiro atoms. The molecule has 0 radical (unpaired) electrons. The Balaban J connectivity index is 1.98. The number of fused-ring (bicyclic) bond motifs is 1. The quantitative estimate of drug-likeness (QED) is 0.470. The predicted octanol–water partition coefficient (Wildman–Crippen LogP) is 4.60. The van der Waals surface area contributed by atoms with Crippen LogP contribution in [0.2, 0.25) is 0 Å². The molecule has 0 fully saturated rings. The van der Waals surface area contributed by atoms with Crippen molar-refractivity contribution in [3.05, 3.63) is 82.0 Å². The fourth-order valence-electron chi connectivity index (χ4n) is 3.27. The zero-order valence-electron chi connectivity index (χ0n) is 15.0. The van der Waals surface area contributed by atoms with Gasteiger partial charge in [0.05, 0.1) is 5.39 Å². The van der Waals surface area contributed by atoms with E-state index in [1.165, 1.54) is 12.3 Å². The number of halogens is 2. The lowest BCUT2D eigenvalue weighted by molar-refractivity contribution is 0.0691. The molecule has 4 aromatic rings. The second-order valence-electron chi connectivity index (χ2n) is 6.38. The number of rotatable bonds is 4. The number of ether oxygens (including phenoxy) is 1. The van der Waals surface area contributed by atoms with Crippen LogP contribution < -0.4 is 10.3 Å². The van der Waals surface area contributed by atoms with Gasteiger partial charge in [0, 0.05) is 34.5 Å². The summed E-state index contributed by atoms with van der Waals surface area (Å²) in [6, 6.07) is 9.30. The van der Waals surface area contributed by atoms with E-state index in [-0.39, 0.29) is 22.8 Å². The minimum Gasteiger partial charge on any atom is -0.477 e. The average molecular weight is 396 g/mol. The van der Waals surface area contributed by atoms with Crippen molar-refractivity contribution in [2.24, 2.45) is 0 Å². The summed E-state index contributed by atoms with van der Waals surface area (Å²) in [7, 11) is 0. The van der Waals surface area contributed by atoms with E-state index in [4.69, 9.17) is 4.74 Å². The van der Waals surface area contributed by atoms with Gasteiger partial charge in [-0.1, -0.05) is 18.2 Å². The summed E-state index contributed by atoms with van der Waals surface area (Å²) in [6.07, 6.45) is 1.54. The molecule has 8 heteroatoms. The van der Waals surface area contributed by atoms with Gasteiger partial charge in [0.1, 0.15) is 17.3 Å². The number of carboxylic acid groups (broad SMARTS) is 1. The van der Waals surface area contributed by atoms with Crippen LogP contribution in [0, 0.1) is 18.6 Å². The summed E-state index contributed by atoms with van der Waals surface area (Å²) in [6.45, 7) is 1.69. The Labute approximate surface area is 162 Å². The van der Waals surface area contributed by atoms with E-state index in [1.807, 2.05) is 0 Å². The number of benzene rings is 2. The number of hydrogen-bond donors (Lipinski definition) is 3. The maximum absolute atomic E-state index is 14.1. The van der Waals surface area contributed by atoms with E-state index in [9.17, 15) is 23.5 Å². The summed E-state index contributed by atoms with van der Waals surface area (Å²) in [5, 5.41) is 10.4. The van der Waals surface area contributed by atoms with E-state index in [0.717, 1.165) is 12.1 Å². The van der Waals surface area contributed by atoms with Crippen molar-refractivity contribution in [2.75, 3.05) is 0 Å². The summed E-state index contributed by atoms with van der Waals surface area (Å²) >= 11 is 0. The molecule has 2 heterocycles. The van der Waals surface area contributed by atoms with Gasteiger partial charge in [0.15, 0.2) is 11.6 Å². The largest absolute Gasteiger partial charge is 0.477 e. The van der Waals surface area contributed by atoms with Gasteiger partial charge in [0.2, 0.25) is 0 Å². The number of carboxylic acids is 1. The summed E-state index contributed by atoms with van der Waals surface area (Å²) in [4.78, 5) is 29.5. The van der Waals surface area contributed by atoms with Crippen LogP contribution in [0.3, 0.4) is 0 Å². The standard InChI is InChI=1S/C21H14F2N2O4/c1-10-17-13(9-24-10)18(19(21(27)28)25-20(17)26)12-4-2-3-5-15(12)29-16-7-6-11(22)8-14(16)23/h2-9,24H,1H3,(H,25,26)(H,27,28). The third-order valence-electron chi connectivity index (χ3n) is 4.55. The van der Waals surface area contributed by atoms with Gasteiger partial charge in [-0.05, 0) is 25.1 Å². The molecule has 3 N–H and O–H groups in total. The Bertz CT molecular complexity index is 1320. The second-order valence-corrected chi connectivity index (χ2v) is 6.38. The topological polar surface area (TPSA) is 95.2 Å². The average Bonchev–Trinajstić information content (AvgIpc) is 3.07. The Morgan fingerprint density at radius 2 is 1.86 bits per heavy atom. The van der Waals surface area contributed by atoms with Crippen molar-refractivity contribution >= 4 is 16.7 Å². The number of hydrogen-bond acceptors (Lipinski definition) is 3. The Morgan fingerprint density at radius 3 is 2.59 bits per heavy atom. The van der Waals surface area contributed by atoms with Crippen LogP contribution in [0.1, 0.15) is 16.2 Å². The van der Waals surface area contributed by atoms with E-state index in [0.29, 0.717) is 28.1 Å². The summed E-state index contributed by atoms with van der Waals surface area (Å²) in [5.74, 6) is -3.06. The third-order valence-corrected chi connectivity index (χ3v) is 4.55. The van der Waals surface area contributed by atoms with Crippen molar-refractivity contribution in [3.63, 3.8) is 0 Å². The maximum Gasteiger partial charge on any atom is 0.353 e. The first-order valence-corrected chi connectivity index (χ1v) is 8.56. The zero-order chi connectivity index (χ0) is 20.7. The van der Waals surface area contributed by atoms with E-state index < -0.39 is 23.2 Å². The van der Waals surface area contributed by atoms with Gasteiger partial charge in [-0.25, -0.2) is 13.6 Å². The number of aryl methyl sites for hydroxylation is 1. The lowest BCUT2D eigenvalue weighted by Crippen LogP contribution is -2.15. The van der Waals surface area contributed by atoms with E-state index in [1.54, 1.807) is 25.1 Å². The third kappa shape index (κ3) is 3.14. The molecular weight excluding hydrogens is 382 g/mol. The molecule has 0 atom stereocenters. The van der Waals surface area contributed by atoms with Crippen molar-refractivity contribution in [1.82, 2.24) is 9.97 Å². The molecule has 0 aliphatic carbocycles. The van der Waals surface area contributed by atoms with E-state index in [2.05, 4.69) is 9.97 Å². The predicted molar refractivity (Wildman–Crippen MR) is 102 cm³/mol. The van der Waals surface area contributed by atoms with Crippen LogP contribution in [-0.2, 0) is 0 Å². The van der Waals surface area contributed by atoms with Gasteiger partial charge in [-0.3, -0.25) is 4.79 Å². The minimum absolute atomic E-state index is 0.146. The molecule has 0 saturated carbocycles. The van der Waals surface area contributed by atoms with Crippen molar-refractivity contribution in [2.45, 2.75) is 6.92 Å². The number of pyridine rings is 1. The van der Waals surface area contributed by atoms with Crippen LogP contribution in [0.4, 0.5) is 8.78 Å². The normalized spacial score (nSPS) is 11.0. The molecule has 0 aliphatic rings. The lowest BCUT2D eigenvalue weighted by atomic mass is 9.98. The highest BCUT2D eigenvalue weighted by molar-refractivity contribution is 6.07. The molecule has 2 aromatic heterocycles. The van der Waals surface area contributed by atoms with Gasteiger partial charge in [-0.2, -0.15) is 0 Å².